The summed E-state index contributed by atoms with van der Waals surface area (Å²) in [6.07, 6.45) is 2.06. The second kappa shape index (κ2) is 8.48. The number of aryl methyl sites for hydroxylation is 3. The van der Waals surface area contributed by atoms with Crippen molar-refractivity contribution in [1.29, 1.82) is 0 Å². The van der Waals surface area contributed by atoms with Gasteiger partial charge in [-0.25, -0.2) is 8.42 Å². The standard InChI is InChI=1S/C23H26N4O4S/c1-13-5-6-14(2)19(11-13)24-22(28)16(4)27-32(29,30)20-12-18(8-7-15(20)3)21-25-23(31-26-21)17-9-10-17/h5-8,11-12,16-17,27H,9-10H2,1-4H3,(H,24,28)/t16-/m0/s1. The minimum atomic E-state index is -3.97. The van der Waals surface area contributed by atoms with Gasteiger partial charge in [0.1, 0.15) is 0 Å². The minimum Gasteiger partial charge on any atom is -0.339 e. The van der Waals surface area contributed by atoms with Crippen molar-refractivity contribution < 1.29 is 17.7 Å². The second-order valence-corrected chi connectivity index (χ2v) is 10.0. The van der Waals surface area contributed by atoms with Gasteiger partial charge in [0.25, 0.3) is 0 Å². The van der Waals surface area contributed by atoms with Gasteiger partial charge in [-0.05, 0) is 69.4 Å². The van der Waals surface area contributed by atoms with Crippen molar-refractivity contribution >= 4 is 21.6 Å². The fourth-order valence-electron chi connectivity index (χ4n) is 3.34. The van der Waals surface area contributed by atoms with E-state index in [2.05, 4.69) is 20.2 Å². The minimum absolute atomic E-state index is 0.0687. The molecular formula is C23H26N4O4S. The van der Waals surface area contributed by atoms with Crippen LogP contribution >= 0.6 is 0 Å². The molecular weight excluding hydrogens is 428 g/mol. The maximum atomic E-state index is 13.1. The van der Waals surface area contributed by atoms with Gasteiger partial charge in [-0.15, -0.1) is 0 Å². The summed E-state index contributed by atoms with van der Waals surface area (Å²) in [6, 6.07) is 9.68. The van der Waals surface area contributed by atoms with Gasteiger partial charge < -0.3 is 9.84 Å². The highest BCUT2D eigenvalue weighted by atomic mass is 32.2. The first-order valence-electron chi connectivity index (χ1n) is 10.5. The van der Waals surface area contributed by atoms with Crippen LogP contribution < -0.4 is 10.0 Å². The Morgan fingerprint density at radius 3 is 2.53 bits per heavy atom. The van der Waals surface area contributed by atoms with Crippen molar-refractivity contribution in [3.05, 3.63) is 59.0 Å². The zero-order chi connectivity index (χ0) is 23.0. The van der Waals surface area contributed by atoms with E-state index in [-0.39, 0.29) is 4.90 Å². The van der Waals surface area contributed by atoms with Crippen LogP contribution in [0.3, 0.4) is 0 Å². The number of rotatable bonds is 7. The number of nitrogens with one attached hydrogen (secondary N) is 2. The van der Waals surface area contributed by atoms with Crippen molar-refractivity contribution in [2.24, 2.45) is 0 Å². The number of sulfonamides is 1. The normalized spacial score (nSPS) is 14.9. The zero-order valence-corrected chi connectivity index (χ0v) is 19.3. The predicted octanol–water partition coefficient (Wildman–Crippen LogP) is 3.84. The SMILES string of the molecule is Cc1ccc(C)c(NC(=O)[C@H](C)NS(=O)(=O)c2cc(-c3noc(C4CC4)n3)ccc2C)c1. The Labute approximate surface area is 187 Å². The first-order valence-corrected chi connectivity index (χ1v) is 12.0. The third-order valence-corrected chi connectivity index (χ3v) is 7.16. The lowest BCUT2D eigenvalue weighted by molar-refractivity contribution is -0.117. The van der Waals surface area contributed by atoms with E-state index in [1.165, 1.54) is 13.0 Å². The van der Waals surface area contributed by atoms with Crippen molar-refractivity contribution in [1.82, 2.24) is 14.9 Å². The van der Waals surface area contributed by atoms with Crippen LogP contribution in [0.25, 0.3) is 11.4 Å². The van der Waals surface area contributed by atoms with Crippen LogP contribution in [-0.4, -0.2) is 30.5 Å². The first-order chi connectivity index (χ1) is 15.1. The molecule has 1 aliphatic rings. The van der Waals surface area contributed by atoms with E-state index in [4.69, 9.17) is 4.52 Å². The lowest BCUT2D eigenvalue weighted by Crippen LogP contribution is -2.41. The Morgan fingerprint density at radius 1 is 1.09 bits per heavy atom. The molecule has 32 heavy (non-hydrogen) atoms. The molecule has 0 bridgehead atoms. The molecule has 3 aromatic rings. The number of carbonyl (C=O) groups excluding carboxylic acids is 1. The molecule has 0 spiro atoms. The summed E-state index contributed by atoms with van der Waals surface area (Å²) in [6.45, 7) is 7.02. The number of nitrogens with zero attached hydrogens (tertiary/aromatic N) is 2. The molecule has 2 aromatic carbocycles. The highest BCUT2D eigenvalue weighted by Crippen LogP contribution is 2.39. The topological polar surface area (TPSA) is 114 Å². The van der Waals surface area contributed by atoms with E-state index in [0.29, 0.717) is 34.4 Å². The average molecular weight is 455 g/mol. The van der Waals surface area contributed by atoms with Crippen LogP contribution in [0.2, 0.25) is 0 Å². The molecule has 1 saturated carbocycles. The molecule has 0 saturated heterocycles. The fraction of sp³-hybridized carbons (Fsp3) is 0.348. The van der Waals surface area contributed by atoms with E-state index < -0.39 is 22.0 Å². The Balaban J connectivity index is 1.53. The van der Waals surface area contributed by atoms with Crippen molar-refractivity contribution in [3.63, 3.8) is 0 Å². The summed E-state index contributed by atoms with van der Waals surface area (Å²) in [5, 5.41) is 6.78. The van der Waals surface area contributed by atoms with Gasteiger partial charge in [-0.3, -0.25) is 4.79 Å². The molecule has 0 radical (unpaired) electrons. The molecule has 1 atom stereocenters. The van der Waals surface area contributed by atoms with E-state index in [1.807, 2.05) is 32.0 Å². The maximum absolute atomic E-state index is 13.1. The largest absolute Gasteiger partial charge is 0.339 e. The summed E-state index contributed by atoms with van der Waals surface area (Å²) in [5.74, 6) is 0.801. The lowest BCUT2D eigenvalue weighted by atomic mass is 10.1. The van der Waals surface area contributed by atoms with E-state index in [0.717, 1.165) is 24.0 Å². The van der Waals surface area contributed by atoms with Gasteiger partial charge >= 0.3 is 0 Å². The van der Waals surface area contributed by atoms with Crippen LogP contribution in [0.1, 0.15) is 48.3 Å². The Kier molecular flexibility index (Phi) is 5.87. The molecule has 1 aliphatic carbocycles. The van der Waals surface area contributed by atoms with E-state index >= 15 is 0 Å². The van der Waals surface area contributed by atoms with Crippen molar-refractivity contribution in [2.45, 2.75) is 57.4 Å². The summed E-state index contributed by atoms with van der Waals surface area (Å²) in [5.41, 5.74) is 3.64. The molecule has 168 valence electrons. The van der Waals surface area contributed by atoms with Gasteiger partial charge in [0.2, 0.25) is 27.6 Å². The molecule has 1 amide bonds. The van der Waals surface area contributed by atoms with Gasteiger partial charge in [0, 0.05) is 17.2 Å². The third kappa shape index (κ3) is 4.73. The predicted molar refractivity (Wildman–Crippen MR) is 121 cm³/mol. The van der Waals surface area contributed by atoms with Gasteiger partial charge in [0.05, 0.1) is 10.9 Å². The Morgan fingerprint density at radius 2 is 1.81 bits per heavy atom. The summed E-state index contributed by atoms with van der Waals surface area (Å²) in [4.78, 5) is 17.1. The third-order valence-electron chi connectivity index (χ3n) is 5.48. The first kappa shape index (κ1) is 22.2. The van der Waals surface area contributed by atoms with Gasteiger partial charge in [0.15, 0.2) is 0 Å². The molecule has 4 rings (SSSR count). The van der Waals surface area contributed by atoms with Crippen LogP contribution in [0.15, 0.2) is 45.8 Å². The maximum Gasteiger partial charge on any atom is 0.242 e. The van der Waals surface area contributed by atoms with E-state index in [9.17, 15) is 13.2 Å². The fourth-order valence-corrected chi connectivity index (χ4v) is 4.81. The molecule has 0 aliphatic heterocycles. The second-order valence-electron chi connectivity index (χ2n) is 8.36. The summed E-state index contributed by atoms with van der Waals surface area (Å²) >= 11 is 0. The quantitative estimate of drug-likeness (QED) is 0.561. The van der Waals surface area contributed by atoms with Gasteiger partial charge in [-0.1, -0.05) is 29.4 Å². The van der Waals surface area contributed by atoms with Crippen LogP contribution in [0.5, 0.6) is 0 Å². The van der Waals surface area contributed by atoms with Crippen LogP contribution in [-0.2, 0) is 14.8 Å². The zero-order valence-electron chi connectivity index (χ0n) is 18.5. The Hall–Kier alpha value is -3.04. The summed E-state index contributed by atoms with van der Waals surface area (Å²) in [7, 11) is -3.97. The van der Waals surface area contributed by atoms with Crippen molar-refractivity contribution in [3.8, 4) is 11.4 Å². The molecule has 9 heteroatoms. The molecule has 1 aromatic heterocycles. The highest BCUT2D eigenvalue weighted by molar-refractivity contribution is 7.89. The average Bonchev–Trinajstić information content (AvgIpc) is 3.47. The monoisotopic (exact) mass is 454 g/mol. The van der Waals surface area contributed by atoms with Crippen LogP contribution in [0, 0.1) is 20.8 Å². The van der Waals surface area contributed by atoms with Gasteiger partial charge in [-0.2, -0.15) is 9.71 Å². The highest BCUT2D eigenvalue weighted by Gasteiger charge is 2.30. The number of benzene rings is 2. The number of amides is 1. The molecule has 1 fully saturated rings. The number of aromatic nitrogens is 2. The lowest BCUT2D eigenvalue weighted by Gasteiger charge is -2.17. The summed E-state index contributed by atoms with van der Waals surface area (Å²) < 4.78 is 34.0. The molecule has 8 nitrogen and oxygen atoms in total. The number of hydrogen-bond acceptors (Lipinski definition) is 6. The molecule has 2 N–H and O–H groups in total. The molecule has 0 unspecified atom stereocenters. The Bertz CT molecular complexity index is 1280. The number of anilines is 1. The number of carbonyl (C=O) groups is 1. The van der Waals surface area contributed by atoms with Crippen LogP contribution in [0.4, 0.5) is 5.69 Å². The molecule has 1 heterocycles. The van der Waals surface area contributed by atoms with Crippen molar-refractivity contribution in [2.75, 3.05) is 5.32 Å². The smallest absolute Gasteiger partial charge is 0.242 e. The van der Waals surface area contributed by atoms with E-state index in [1.54, 1.807) is 19.1 Å². The number of hydrogen-bond donors (Lipinski definition) is 2.